The molecule has 0 aliphatic carbocycles. The molecule has 2 aromatic carbocycles. The first-order valence-corrected chi connectivity index (χ1v) is 11.3. The molecule has 3 heterocycles. The molecule has 0 amide bonds. The summed E-state index contributed by atoms with van der Waals surface area (Å²) in [7, 11) is -3.00. The predicted molar refractivity (Wildman–Crippen MR) is 119 cm³/mol. The van der Waals surface area contributed by atoms with Gasteiger partial charge in [-0.3, -0.25) is 4.79 Å². The van der Waals surface area contributed by atoms with Crippen LogP contribution in [0.15, 0.2) is 67.1 Å². The number of benzene rings is 2. The van der Waals surface area contributed by atoms with Crippen molar-refractivity contribution >= 4 is 44.3 Å². The third-order valence-corrected chi connectivity index (χ3v) is 6.73. The van der Waals surface area contributed by atoms with Crippen LogP contribution < -0.4 is 10.5 Å². The van der Waals surface area contributed by atoms with Crippen molar-refractivity contribution in [3.8, 4) is 11.3 Å². The second-order valence-electron chi connectivity index (χ2n) is 7.80. The summed E-state index contributed by atoms with van der Waals surface area (Å²) in [5.74, 6) is -1.14. The van der Waals surface area contributed by atoms with E-state index in [9.17, 15) is 23.1 Å². The Balaban J connectivity index is 1.55. The molecule has 9 heteroatoms. The molecule has 1 aliphatic rings. The summed E-state index contributed by atoms with van der Waals surface area (Å²) in [6.45, 7) is 1.20. The standard InChI is InChI=1S/C23H19NO7S/c25-22(26)13-7-9-24(10-8-13)15-6-5-14-11-17(23(27)31-19(14)12-15)20-21(32(28)29)16-3-1-2-4-18(16)30-20/h1-6,11-13,32H,7-10H2,(H,25,26). The van der Waals surface area contributed by atoms with Crippen molar-refractivity contribution < 1.29 is 27.2 Å². The Hall–Kier alpha value is -3.59. The van der Waals surface area contributed by atoms with Gasteiger partial charge in [0.15, 0.2) is 16.5 Å². The molecule has 0 spiro atoms. The number of furan rings is 1. The van der Waals surface area contributed by atoms with E-state index in [-0.39, 0.29) is 22.1 Å². The number of carbonyl (C=O) groups is 1. The normalized spacial score (nSPS) is 15.1. The fourth-order valence-corrected chi connectivity index (χ4v) is 4.95. The average molecular weight is 453 g/mol. The summed E-state index contributed by atoms with van der Waals surface area (Å²) in [6, 6.07) is 13.7. The minimum atomic E-state index is -3.00. The summed E-state index contributed by atoms with van der Waals surface area (Å²) < 4.78 is 35.1. The van der Waals surface area contributed by atoms with Crippen LogP contribution in [0.5, 0.6) is 0 Å². The molecule has 1 aliphatic heterocycles. The average Bonchev–Trinajstić information content (AvgIpc) is 3.18. The number of thiol groups is 1. The van der Waals surface area contributed by atoms with Gasteiger partial charge in [-0.1, -0.05) is 12.1 Å². The highest BCUT2D eigenvalue weighted by Gasteiger charge is 2.25. The summed E-state index contributed by atoms with van der Waals surface area (Å²) in [6.07, 6.45) is 1.11. The van der Waals surface area contributed by atoms with Crippen LogP contribution in [0.25, 0.3) is 33.3 Å². The number of carboxylic acid groups (broad SMARTS) is 1. The highest BCUT2D eigenvalue weighted by molar-refractivity contribution is 7.73. The lowest BCUT2D eigenvalue weighted by atomic mass is 9.96. The van der Waals surface area contributed by atoms with Gasteiger partial charge in [0.25, 0.3) is 0 Å². The largest absolute Gasteiger partial charge is 0.481 e. The van der Waals surface area contributed by atoms with Gasteiger partial charge in [0.05, 0.1) is 5.92 Å². The predicted octanol–water partition coefficient (Wildman–Crippen LogP) is 3.48. The third kappa shape index (κ3) is 3.44. The molecule has 32 heavy (non-hydrogen) atoms. The van der Waals surface area contributed by atoms with Gasteiger partial charge in [0.1, 0.15) is 21.6 Å². The molecule has 1 N–H and O–H groups in total. The van der Waals surface area contributed by atoms with Crippen LogP contribution in [-0.4, -0.2) is 32.6 Å². The lowest BCUT2D eigenvalue weighted by Gasteiger charge is -2.31. The van der Waals surface area contributed by atoms with Gasteiger partial charge in [-0.25, -0.2) is 13.2 Å². The van der Waals surface area contributed by atoms with Crippen molar-refractivity contribution in [3.05, 3.63) is 59.0 Å². The number of aliphatic carboxylic acids is 1. The second-order valence-corrected chi connectivity index (χ2v) is 8.76. The zero-order valence-electron chi connectivity index (χ0n) is 16.8. The maximum absolute atomic E-state index is 12.8. The number of rotatable bonds is 4. The van der Waals surface area contributed by atoms with Crippen LogP contribution >= 0.6 is 0 Å². The molecule has 0 atom stereocenters. The Labute approximate surface area is 183 Å². The minimum Gasteiger partial charge on any atom is -0.481 e. The van der Waals surface area contributed by atoms with Gasteiger partial charge >= 0.3 is 11.6 Å². The Morgan fingerprint density at radius 1 is 1.00 bits per heavy atom. The number of anilines is 1. The first-order chi connectivity index (χ1) is 15.4. The van der Waals surface area contributed by atoms with Crippen molar-refractivity contribution in [2.24, 2.45) is 5.92 Å². The maximum Gasteiger partial charge on any atom is 0.347 e. The molecular formula is C23H19NO7S. The van der Waals surface area contributed by atoms with E-state index in [0.717, 1.165) is 5.69 Å². The molecule has 5 rings (SSSR count). The molecule has 8 nitrogen and oxygen atoms in total. The lowest BCUT2D eigenvalue weighted by molar-refractivity contribution is -0.142. The topological polar surface area (TPSA) is 118 Å². The summed E-state index contributed by atoms with van der Waals surface area (Å²) in [5.41, 5.74) is 0.913. The smallest absolute Gasteiger partial charge is 0.347 e. The van der Waals surface area contributed by atoms with Crippen molar-refractivity contribution in [2.45, 2.75) is 17.7 Å². The first-order valence-electron chi connectivity index (χ1n) is 10.1. The van der Waals surface area contributed by atoms with Crippen LogP contribution in [0, 0.1) is 5.92 Å². The Bertz CT molecular complexity index is 1480. The monoisotopic (exact) mass is 453 g/mol. The van der Waals surface area contributed by atoms with Gasteiger partial charge in [-0.15, -0.1) is 0 Å². The lowest BCUT2D eigenvalue weighted by Crippen LogP contribution is -2.36. The summed E-state index contributed by atoms with van der Waals surface area (Å²) >= 11 is 0. The highest BCUT2D eigenvalue weighted by atomic mass is 32.2. The molecule has 1 saturated heterocycles. The van der Waals surface area contributed by atoms with Crippen LogP contribution in [0.3, 0.4) is 0 Å². The van der Waals surface area contributed by atoms with E-state index in [1.165, 1.54) is 0 Å². The Morgan fingerprint density at radius 2 is 1.75 bits per heavy atom. The number of piperidine rings is 1. The molecule has 4 aromatic rings. The Morgan fingerprint density at radius 3 is 2.47 bits per heavy atom. The fourth-order valence-electron chi connectivity index (χ4n) is 4.24. The third-order valence-electron chi connectivity index (χ3n) is 5.93. The summed E-state index contributed by atoms with van der Waals surface area (Å²) in [5, 5.41) is 10.2. The molecular weight excluding hydrogens is 434 g/mol. The number of carboxylic acids is 1. The number of hydrogen-bond acceptors (Lipinski definition) is 7. The SMILES string of the molecule is O=C(O)C1CCN(c2ccc3cc(-c4oc5ccccc5c4[SH](=O)=O)c(=O)oc3c2)CC1. The highest BCUT2D eigenvalue weighted by Crippen LogP contribution is 2.35. The quantitative estimate of drug-likeness (QED) is 0.356. The van der Waals surface area contributed by atoms with Gasteiger partial charge < -0.3 is 18.8 Å². The van der Waals surface area contributed by atoms with E-state index in [1.807, 2.05) is 6.07 Å². The number of nitrogens with zero attached hydrogens (tertiary/aromatic N) is 1. The van der Waals surface area contributed by atoms with E-state index >= 15 is 0 Å². The number of hydrogen-bond donors (Lipinski definition) is 2. The van der Waals surface area contributed by atoms with E-state index in [1.54, 1.807) is 42.5 Å². The minimum absolute atomic E-state index is 0.0298. The van der Waals surface area contributed by atoms with E-state index in [2.05, 4.69) is 4.90 Å². The van der Waals surface area contributed by atoms with E-state index in [0.29, 0.717) is 47.9 Å². The van der Waals surface area contributed by atoms with Crippen molar-refractivity contribution in [3.63, 3.8) is 0 Å². The Kier molecular flexibility index (Phi) is 4.97. The molecule has 0 bridgehead atoms. The van der Waals surface area contributed by atoms with Gasteiger partial charge in [-0.05, 0) is 43.2 Å². The fraction of sp³-hybridized carbons (Fsp3) is 0.217. The molecule has 2 aromatic heterocycles. The van der Waals surface area contributed by atoms with E-state index in [4.69, 9.17) is 8.83 Å². The molecule has 1 fully saturated rings. The van der Waals surface area contributed by atoms with Crippen LogP contribution in [-0.2, 0) is 15.5 Å². The van der Waals surface area contributed by atoms with Gasteiger partial charge in [-0.2, -0.15) is 0 Å². The molecule has 0 saturated carbocycles. The van der Waals surface area contributed by atoms with Crippen LogP contribution in [0.4, 0.5) is 5.69 Å². The van der Waals surface area contributed by atoms with Crippen LogP contribution in [0.2, 0.25) is 0 Å². The zero-order chi connectivity index (χ0) is 22.4. The number of fused-ring (bicyclic) bond motifs is 2. The van der Waals surface area contributed by atoms with Crippen molar-refractivity contribution in [1.29, 1.82) is 0 Å². The van der Waals surface area contributed by atoms with Crippen LogP contribution in [0.1, 0.15) is 12.8 Å². The summed E-state index contributed by atoms with van der Waals surface area (Å²) in [4.78, 5) is 26.0. The second kappa shape index (κ2) is 7.83. The van der Waals surface area contributed by atoms with Gasteiger partial charge in [0, 0.05) is 35.6 Å². The molecule has 0 unspecified atom stereocenters. The maximum atomic E-state index is 12.8. The van der Waals surface area contributed by atoms with Gasteiger partial charge in [0.2, 0.25) is 0 Å². The van der Waals surface area contributed by atoms with E-state index < -0.39 is 22.3 Å². The first kappa shape index (κ1) is 20.3. The molecule has 0 radical (unpaired) electrons. The molecule has 164 valence electrons. The number of para-hydroxylation sites is 1. The van der Waals surface area contributed by atoms with Crippen molar-refractivity contribution in [2.75, 3.05) is 18.0 Å². The van der Waals surface area contributed by atoms with Crippen molar-refractivity contribution in [1.82, 2.24) is 0 Å². The zero-order valence-corrected chi connectivity index (χ0v) is 17.7.